The average molecular weight is 389 g/mol. The van der Waals surface area contributed by atoms with E-state index in [0.29, 0.717) is 41.8 Å². The standard InChI is InChI=1S/C20H21ClN2O4/c1-23(2)19(25)12-13-3-5-15(6-4-13)22-18(24)11-14-9-16(21)20-17(10-14)26-7-8-27-20/h3-6,9-10H,7-8,11-12H2,1-2H3,(H,22,24). The summed E-state index contributed by atoms with van der Waals surface area (Å²) in [5.74, 6) is 0.948. The second kappa shape index (κ2) is 8.31. The monoisotopic (exact) mass is 388 g/mol. The number of fused-ring (bicyclic) bond motifs is 1. The largest absolute Gasteiger partial charge is 0.486 e. The van der Waals surface area contributed by atoms with Crippen molar-refractivity contribution < 1.29 is 19.1 Å². The van der Waals surface area contributed by atoms with Gasteiger partial charge in [-0.3, -0.25) is 9.59 Å². The first-order chi connectivity index (χ1) is 12.9. The molecule has 1 aliphatic rings. The van der Waals surface area contributed by atoms with E-state index in [1.54, 1.807) is 43.3 Å². The van der Waals surface area contributed by atoms with Crippen molar-refractivity contribution in [2.45, 2.75) is 12.8 Å². The highest BCUT2D eigenvalue weighted by molar-refractivity contribution is 6.32. The summed E-state index contributed by atoms with van der Waals surface area (Å²) in [5.41, 5.74) is 2.31. The highest BCUT2D eigenvalue weighted by atomic mass is 35.5. The van der Waals surface area contributed by atoms with Gasteiger partial charge in [0.25, 0.3) is 0 Å². The van der Waals surface area contributed by atoms with Crippen molar-refractivity contribution in [1.82, 2.24) is 4.90 Å². The van der Waals surface area contributed by atoms with E-state index >= 15 is 0 Å². The number of anilines is 1. The third-order valence-corrected chi connectivity index (χ3v) is 4.39. The minimum Gasteiger partial charge on any atom is -0.486 e. The van der Waals surface area contributed by atoms with Crippen LogP contribution >= 0.6 is 11.6 Å². The summed E-state index contributed by atoms with van der Waals surface area (Å²) in [7, 11) is 3.45. The Morgan fingerprint density at radius 1 is 1.04 bits per heavy atom. The molecule has 2 aromatic carbocycles. The molecule has 1 heterocycles. The molecule has 0 atom stereocenters. The molecule has 0 fully saturated rings. The van der Waals surface area contributed by atoms with E-state index in [2.05, 4.69) is 5.32 Å². The Hall–Kier alpha value is -2.73. The summed E-state index contributed by atoms with van der Waals surface area (Å²) in [6, 6.07) is 10.7. The summed E-state index contributed by atoms with van der Waals surface area (Å²) in [6.45, 7) is 0.921. The lowest BCUT2D eigenvalue weighted by molar-refractivity contribution is -0.128. The number of carbonyl (C=O) groups excluding carboxylic acids is 2. The molecule has 3 rings (SSSR count). The number of carbonyl (C=O) groups is 2. The first-order valence-corrected chi connectivity index (χ1v) is 8.97. The summed E-state index contributed by atoms with van der Waals surface area (Å²) >= 11 is 6.20. The molecule has 27 heavy (non-hydrogen) atoms. The molecule has 0 bridgehead atoms. The molecule has 0 radical (unpaired) electrons. The third kappa shape index (κ3) is 4.92. The van der Waals surface area contributed by atoms with Crippen molar-refractivity contribution in [1.29, 1.82) is 0 Å². The van der Waals surface area contributed by atoms with Crippen LogP contribution in [0, 0.1) is 0 Å². The van der Waals surface area contributed by atoms with E-state index in [1.807, 2.05) is 12.1 Å². The number of hydrogen-bond donors (Lipinski definition) is 1. The van der Waals surface area contributed by atoms with E-state index < -0.39 is 0 Å². The molecule has 142 valence electrons. The zero-order valence-corrected chi connectivity index (χ0v) is 16.0. The molecule has 2 aromatic rings. The van der Waals surface area contributed by atoms with Crippen LogP contribution in [0.5, 0.6) is 11.5 Å². The average Bonchev–Trinajstić information content (AvgIpc) is 2.63. The highest BCUT2D eigenvalue weighted by Crippen LogP contribution is 2.38. The Morgan fingerprint density at radius 2 is 1.74 bits per heavy atom. The van der Waals surface area contributed by atoms with Gasteiger partial charge in [-0.1, -0.05) is 23.7 Å². The Morgan fingerprint density at radius 3 is 2.44 bits per heavy atom. The van der Waals surface area contributed by atoms with Crippen LogP contribution in [0.25, 0.3) is 0 Å². The van der Waals surface area contributed by atoms with Crippen molar-refractivity contribution in [2.24, 2.45) is 0 Å². The van der Waals surface area contributed by atoms with Crippen molar-refractivity contribution in [3.63, 3.8) is 0 Å². The van der Waals surface area contributed by atoms with Gasteiger partial charge in [0.05, 0.1) is 17.9 Å². The molecule has 0 unspecified atom stereocenters. The number of nitrogens with zero attached hydrogens (tertiary/aromatic N) is 1. The Kier molecular flexibility index (Phi) is 5.86. The fourth-order valence-corrected chi connectivity index (χ4v) is 2.98. The van der Waals surface area contributed by atoms with Crippen LogP contribution in [0.15, 0.2) is 36.4 Å². The van der Waals surface area contributed by atoms with Crippen molar-refractivity contribution in [3.8, 4) is 11.5 Å². The maximum Gasteiger partial charge on any atom is 0.228 e. The Labute approximate surface area is 163 Å². The fourth-order valence-electron chi connectivity index (χ4n) is 2.70. The predicted octanol–water partition coefficient (Wildman–Crippen LogP) is 2.92. The number of nitrogens with one attached hydrogen (secondary N) is 1. The van der Waals surface area contributed by atoms with Crippen molar-refractivity contribution >= 4 is 29.1 Å². The van der Waals surface area contributed by atoms with Gasteiger partial charge in [0.15, 0.2) is 11.5 Å². The molecule has 7 heteroatoms. The van der Waals surface area contributed by atoms with Crippen LogP contribution < -0.4 is 14.8 Å². The minimum absolute atomic E-state index is 0.0299. The lowest BCUT2D eigenvalue weighted by atomic mass is 10.1. The van der Waals surface area contributed by atoms with Crippen LogP contribution in [0.2, 0.25) is 5.02 Å². The fraction of sp³-hybridized carbons (Fsp3) is 0.300. The lowest BCUT2D eigenvalue weighted by Gasteiger charge is -2.20. The number of halogens is 1. The zero-order valence-electron chi connectivity index (χ0n) is 15.3. The molecule has 1 aliphatic heterocycles. The minimum atomic E-state index is -0.167. The van der Waals surface area contributed by atoms with Gasteiger partial charge in [-0.05, 0) is 35.4 Å². The lowest BCUT2D eigenvalue weighted by Crippen LogP contribution is -2.23. The summed E-state index contributed by atoms with van der Waals surface area (Å²) < 4.78 is 11.0. The van der Waals surface area contributed by atoms with E-state index in [1.165, 1.54) is 0 Å². The molecule has 6 nitrogen and oxygen atoms in total. The maximum absolute atomic E-state index is 12.3. The van der Waals surface area contributed by atoms with Crippen LogP contribution in [-0.4, -0.2) is 44.0 Å². The Bertz CT molecular complexity index is 850. The number of hydrogen-bond acceptors (Lipinski definition) is 4. The summed E-state index contributed by atoms with van der Waals surface area (Å²) in [5, 5.41) is 3.28. The van der Waals surface area contributed by atoms with Crippen molar-refractivity contribution in [3.05, 3.63) is 52.5 Å². The van der Waals surface area contributed by atoms with Gasteiger partial charge in [-0.25, -0.2) is 0 Å². The molecular weight excluding hydrogens is 368 g/mol. The molecule has 0 aliphatic carbocycles. The molecule has 0 spiro atoms. The van der Waals surface area contributed by atoms with E-state index in [-0.39, 0.29) is 18.2 Å². The van der Waals surface area contributed by atoms with E-state index in [4.69, 9.17) is 21.1 Å². The normalized spacial score (nSPS) is 12.4. The van der Waals surface area contributed by atoms with Crippen LogP contribution in [0.4, 0.5) is 5.69 Å². The number of amides is 2. The maximum atomic E-state index is 12.3. The third-order valence-electron chi connectivity index (χ3n) is 4.11. The van der Waals surface area contributed by atoms with Gasteiger partial charge in [-0.2, -0.15) is 0 Å². The second-order valence-electron chi connectivity index (χ2n) is 6.49. The number of likely N-dealkylation sites (N-methyl/N-ethyl adjacent to an activating group) is 1. The molecule has 0 saturated carbocycles. The molecule has 0 saturated heterocycles. The van der Waals surface area contributed by atoms with E-state index in [9.17, 15) is 9.59 Å². The van der Waals surface area contributed by atoms with Gasteiger partial charge >= 0.3 is 0 Å². The topological polar surface area (TPSA) is 67.9 Å². The first-order valence-electron chi connectivity index (χ1n) is 8.59. The van der Waals surface area contributed by atoms with Gasteiger partial charge in [-0.15, -0.1) is 0 Å². The van der Waals surface area contributed by atoms with Gasteiger partial charge in [0, 0.05) is 19.8 Å². The number of rotatable bonds is 5. The highest BCUT2D eigenvalue weighted by Gasteiger charge is 2.17. The quantitative estimate of drug-likeness (QED) is 0.855. The predicted molar refractivity (Wildman–Crippen MR) is 104 cm³/mol. The van der Waals surface area contributed by atoms with Crippen LogP contribution in [0.3, 0.4) is 0 Å². The molecule has 0 aromatic heterocycles. The van der Waals surface area contributed by atoms with Gasteiger partial charge in [0.2, 0.25) is 11.8 Å². The Balaban J connectivity index is 1.61. The van der Waals surface area contributed by atoms with Crippen LogP contribution in [0.1, 0.15) is 11.1 Å². The molecular formula is C20H21ClN2O4. The molecule has 1 N–H and O–H groups in total. The molecule has 2 amide bonds. The zero-order chi connectivity index (χ0) is 19.4. The smallest absolute Gasteiger partial charge is 0.228 e. The van der Waals surface area contributed by atoms with Crippen molar-refractivity contribution in [2.75, 3.05) is 32.6 Å². The van der Waals surface area contributed by atoms with Crippen LogP contribution in [-0.2, 0) is 22.4 Å². The summed E-state index contributed by atoms with van der Waals surface area (Å²) in [4.78, 5) is 25.6. The second-order valence-corrected chi connectivity index (χ2v) is 6.90. The van der Waals surface area contributed by atoms with Gasteiger partial charge < -0.3 is 19.7 Å². The van der Waals surface area contributed by atoms with Gasteiger partial charge in [0.1, 0.15) is 13.2 Å². The van der Waals surface area contributed by atoms with E-state index in [0.717, 1.165) is 11.1 Å². The number of ether oxygens (including phenoxy) is 2. The summed E-state index contributed by atoms with van der Waals surface area (Å²) in [6.07, 6.45) is 0.494. The number of benzene rings is 2. The first kappa shape index (κ1) is 19.0. The SMILES string of the molecule is CN(C)C(=O)Cc1ccc(NC(=O)Cc2cc(Cl)c3c(c2)OCCO3)cc1.